The van der Waals surface area contributed by atoms with Gasteiger partial charge in [-0.15, -0.1) is 11.8 Å². The van der Waals surface area contributed by atoms with Gasteiger partial charge < -0.3 is 20.5 Å². The molecule has 2 aromatic rings. The third-order valence-corrected chi connectivity index (χ3v) is 7.00. The zero-order valence-corrected chi connectivity index (χ0v) is 20.4. The van der Waals surface area contributed by atoms with Crippen LogP contribution in [0.4, 0.5) is 4.79 Å². The first-order valence-electron chi connectivity index (χ1n) is 11.6. The van der Waals surface area contributed by atoms with Crippen molar-refractivity contribution in [2.75, 3.05) is 24.7 Å². The highest BCUT2D eigenvalue weighted by Gasteiger charge is 2.30. The van der Waals surface area contributed by atoms with Crippen molar-refractivity contribution in [1.82, 2.24) is 10.6 Å². The normalized spacial score (nSPS) is 13.9. The van der Waals surface area contributed by atoms with Crippen LogP contribution in [-0.4, -0.2) is 53.8 Å². The van der Waals surface area contributed by atoms with Crippen LogP contribution in [0.5, 0.6) is 0 Å². The van der Waals surface area contributed by atoms with Gasteiger partial charge in [-0.1, -0.05) is 68.8 Å². The Hall–Kier alpha value is -3.00. The number of carboxylic acid groups (broad SMARTS) is 1. The zero-order valence-electron chi connectivity index (χ0n) is 19.6. The van der Waals surface area contributed by atoms with Crippen LogP contribution >= 0.6 is 11.8 Å². The molecule has 1 aliphatic carbocycles. The van der Waals surface area contributed by atoms with Gasteiger partial charge in [0, 0.05) is 18.2 Å². The van der Waals surface area contributed by atoms with E-state index in [9.17, 15) is 14.4 Å². The molecule has 34 heavy (non-hydrogen) atoms. The van der Waals surface area contributed by atoms with E-state index in [-0.39, 0.29) is 30.1 Å². The summed E-state index contributed by atoms with van der Waals surface area (Å²) in [5, 5.41) is 14.2. The average Bonchev–Trinajstić information content (AvgIpc) is 3.15. The molecule has 0 aliphatic heterocycles. The molecule has 0 saturated heterocycles. The average molecular weight is 485 g/mol. The van der Waals surface area contributed by atoms with Crippen molar-refractivity contribution in [3.8, 4) is 11.1 Å². The maximum absolute atomic E-state index is 12.7. The molecule has 0 saturated carbocycles. The molecular weight excluding hydrogens is 452 g/mol. The minimum absolute atomic E-state index is 0.00975. The highest BCUT2D eigenvalue weighted by Crippen LogP contribution is 2.44. The molecule has 0 fully saturated rings. The van der Waals surface area contributed by atoms with Crippen molar-refractivity contribution in [2.24, 2.45) is 5.92 Å². The standard InChI is InChI=1S/C26H32N2O5S/c1-3-17(2)14-23(25(31)27-12-13-34-16-24(29)30)28-26(32)33-15-22-20-10-6-4-8-18(20)19-9-5-7-11-21(19)22/h4-11,17,22-23H,3,12-16H2,1-2H3,(H,27,31)(H,28,32)(H,29,30). The number of hydrogen-bond donors (Lipinski definition) is 3. The monoisotopic (exact) mass is 484 g/mol. The summed E-state index contributed by atoms with van der Waals surface area (Å²) in [6.45, 7) is 4.58. The fourth-order valence-corrected chi connectivity index (χ4v) is 4.68. The van der Waals surface area contributed by atoms with E-state index in [0.29, 0.717) is 18.7 Å². The van der Waals surface area contributed by atoms with E-state index in [1.54, 1.807) is 0 Å². The molecule has 1 aliphatic rings. The van der Waals surface area contributed by atoms with E-state index in [2.05, 4.69) is 34.9 Å². The fourth-order valence-electron chi connectivity index (χ4n) is 4.11. The van der Waals surface area contributed by atoms with Crippen LogP contribution in [0.3, 0.4) is 0 Å². The van der Waals surface area contributed by atoms with E-state index in [1.807, 2.05) is 38.1 Å². The number of benzene rings is 2. The molecule has 8 heteroatoms. The number of rotatable bonds is 12. The Morgan fingerprint density at radius 2 is 1.68 bits per heavy atom. The molecule has 7 nitrogen and oxygen atoms in total. The predicted octanol–water partition coefficient (Wildman–Crippen LogP) is 4.26. The quantitative estimate of drug-likeness (QED) is 0.389. The van der Waals surface area contributed by atoms with Crippen molar-refractivity contribution < 1.29 is 24.2 Å². The van der Waals surface area contributed by atoms with E-state index >= 15 is 0 Å². The summed E-state index contributed by atoms with van der Waals surface area (Å²) in [5.74, 6) is -0.506. The number of alkyl carbamates (subject to hydrolysis) is 1. The lowest BCUT2D eigenvalue weighted by Gasteiger charge is -2.22. The minimum Gasteiger partial charge on any atom is -0.481 e. The number of aliphatic carboxylic acids is 1. The molecule has 0 bridgehead atoms. The number of amides is 2. The van der Waals surface area contributed by atoms with Gasteiger partial charge in [0.25, 0.3) is 0 Å². The van der Waals surface area contributed by atoms with Gasteiger partial charge >= 0.3 is 12.1 Å². The van der Waals surface area contributed by atoms with Crippen LogP contribution in [0.1, 0.15) is 43.7 Å². The summed E-state index contributed by atoms with van der Waals surface area (Å²) in [4.78, 5) is 36.0. The molecule has 2 aromatic carbocycles. The zero-order chi connectivity index (χ0) is 24.5. The lowest BCUT2D eigenvalue weighted by atomic mass is 9.98. The number of carboxylic acids is 1. The Kier molecular flexibility index (Phi) is 9.39. The SMILES string of the molecule is CCC(C)CC(NC(=O)OCC1c2ccccc2-c2ccccc21)C(=O)NCCSCC(=O)O. The van der Waals surface area contributed by atoms with Crippen LogP contribution in [0.25, 0.3) is 11.1 Å². The van der Waals surface area contributed by atoms with Gasteiger partial charge in [0.2, 0.25) is 5.91 Å². The third kappa shape index (κ3) is 6.76. The molecule has 0 radical (unpaired) electrons. The lowest BCUT2D eigenvalue weighted by Crippen LogP contribution is -2.48. The van der Waals surface area contributed by atoms with Gasteiger partial charge in [-0.3, -0.25) is 9.59 Å². The number of thioether (sulfide) groups is 1. The molecule has 0 aromatic heterocycles. The molecule has 2 amide bonds. The molecule has 3 N–H and O–H groups in total. The van der Waals surface area contributed by atoms with Crippen LogP contribution < -0.4 is 10.6 Å². The first-order chi connectivity index (χ1) is 16.4. The molecule has 3 rings (SSSR count). The number of carbonyl (C=O) groups excluding carboxylic acids is 2. The summed E-state index contributed by atoms with van der Waals surface area (Å²) in [7, 11) is 0. The third-order valence-electron chi connectivity index (χ3n) is 6.06. The van der Waals surface area contributed by atoms with Crippen LogP contribution in [0.2, 0.25) is 0 Å². The molecule has 2 atom stereocenters. The van der Waals surface area contributed by atoms with Crippen molar-refractivity contribution >= 4 is 29.7 Å². The summed E-state index contributed by atoms with van der Waals surface area (Å²) in [5.41, 5.74) is 4.57. The van der Waals surface area contributed by atoms with E-state index in [1.165, 1.54) is 11.8 Å². The smallest absolute Gasteiger partial charge is 0.407 e. The van der Waals surface area contributed by atoms with Gasteiger partial charge in [-0.2, -0.15) is 0 Å². The van der Waals surface area contributed by atoms with Gasteiger partial charge in [0.1, 0.15) is 12.6 Å². The Balaban J connectivity index is 1.58. The van der Waals surface area contributed by atoms with Gasteiger partial charge in [0.05, 0.1) is 5.75 Å². The maximum atomic E-state index is 12.7. The highest BCUT2D eigenvalue weighted by molar-refractivity contribution is 7.99. The van der Waals surface area contributed by atoms with Crippen LogP contribution in [-0.2, 0) is 14.3 Å². The first kappa shape index (κ1) is 25.6. The summed E-state index contributed by atoms with van der Waals surface area (Å²) >= 11 is 1.23. The second-order valence-electron chi connectivity index (χ2n) is 8.51. The van der Waals surface area contributed by atoms with Gasteiger partial charge in [-0.05, 0) is 34.6 Å². The second kappa shape index (κ2) is 12.5. The van der Waals surface area contributed by atoms with Crippen molar-refractivity contribution in [1.29, 1.82) is 0 Å². The van der Waals surface area contributed by atoms with Crippen LogP contribution in [0, 0.1) is 5.92 Å². The molecular formula is C26H32N2O5S. The number of hydrogen-bond acceptors (Lipinski definition) is 5. The summed E-state index contributed by atoms with van der Waals surface area (Å²) < 4.78 is 5.61. The fraction of sp³-hybridized carbons (Fsp3) is 0.423. The van der Waals surface area contributed by atoms with Gasteiger partial charge in [0.15, 0.2) is 0 Å². The number of carbonyl (C=O) groups is 3. The molecule has 2 unspecified atom stereocenters. The highest BCUT2D eigenvalue weighted by atomic mass is 32.2. The molecule has 182 valence electrons. The lowest BCUT2D eigenvalue weighted by molar-refractivity contribution is -0.133. The largest absolute Gasteiger partial charge is 0.481 e. The Labute approximate surface area is 204 Å². The number of nitrogens with one attached hydrogen (secondary N) is 2. The Morgan fingerprint density at radius 3 is 2.26 bits per heavy atom. The second-order valence-corrected chi connectivity index (χ2v) is 9.61. The maximum Gasteiger partial charge on any atom is 0.407 e. The minimum atomic E-state index is -0.886. The van der Waals surface area contributed by atoms with Crippen molar-refractivity contribution in [2.45, 2.75) is 38.6 Å². The van der Waals surface area contributed by atoms with Crippen molar-refractivity contribution in [3.63, 3.8) is 0 Å². The van der Waals surface area contributed by atoms with E-state index in [0.717, 1.165) is 28.7 Å². The summed E-state index contributed by atoms with van der Waals surface area (Å²) in [6, 6.07) is 15.5. The summed E-state index contributed by atoms with van der Waals surface area (Å²) in [6.07, 6.45) is 0.755. The predicted molar refractivity (Wildman–Crippen MR) is 134 cm³/mol. The number of fused-ring (bicyclic) bond motifs is 3. The Bertz CT molecular complexity index is 967. The number of ether oxygens (including phenoxy) is 1. The molecule has 0 spiro atoms. The Morgan fingerprint density at radius 1 is 1.06 bits per heavy atom. The van der Waals surface area contributed by atoms with E-state index in [4.69, 9.17) is 9.84 Å². The topological polar surface area (TPSA) is 105 Å². The van der Waals surface area contributed by atoms with Crippen LogP contribution in [0.15, 0.2) is 48.5 Å². The van der Waals surface area contributed by atoms with Gasteiger partial charge in [-0.25, -0.2) is 4.79 Å². The van der Waals surface area contributed by atoms with E-state index < -0.39 is 18.1 Å². The van der Waals surface area contributed by atoms with Crippen molar-refractivity contribution in [3.05, 3.63) is 59.7 Å². The molecule has 0 heterocycles. The first-order valence-corrected chi connectivity index (χ1v) is 12.7.